The van der Waals surface area contributed by atoms with Gasteiger partial charge in [0.25, 0.3) is 0 Å². The minimum atomic E-state index is -3.47. The zero-order chi connectivity index (χ0) is 14.3. The SMILES string of the molecule is O=C(O)CNC(=O)CNS(=O)(=O)CC1CCCCC1. The van der Waals surface area contributed by atoms with Crippen molar-refractivity contribution in [2.45, 2.75) is 32.1 Å². The summed E-state index contributed by atoms with van der Waals surface area (Å²) in [5.74, 6) is -1.61. The third-order valence-electron chi connectivity index (χ3n) is 3.07. The van der Waals surface area contributed by atoms with E-state index in [0.717, 1.165) is 32.1 Å². The van der Waals surface area contributed by atoms with Gasteiger partial charge in [-0.1, -0.05) is 19.3 Å². The predicted octanol–water partition coefficient (Wildman–Crippen LogP) is -0.313. The van der Waals surface area contributed by atoms with E-state index in [0.29, 0.717) is 0 Å². The Morgan fingerprint density at radius 3 is 2.32 bits per heavy atom. The maximum absolute atomic E-state index is 11.7. The van der Waals surface area contributed by atoms with Crippen molar-refractivity contribution in [2.24, 2.45) is 5.92 Å². The quantitative estimate of drug-likeness (QED) is 0.595. The molecule has 1 aliphatic carbocycles. The van der Waals surface area contributed by atoms with E-state index < -0.39 is 35.0 Å². The van der Waals surface area contributed by atoms with Crippen LogP contribution in [0.1, 0.15) is 32.1 Å². The van der Waals surface area contributed by atoms with Crippen LogP contribution in [0.15, 0.2) is 0 Å². The van der Waals surface area contributed by atoms with E-state index in [4.69, 9.17) is 5.11 Å². The van der Waals surface area contributed by atoms with E-state index in [1.807, 2.05) is 0 Å². The second-order valence-electron chi connectivity index (χ2n) is 4.78. The van der Waals surface area contributed by atoms with E-state index in [1.165, 1.54) is 0 Å². The Balaban J connectivity index is 2.29. The summed E-state index contributed by atoms with van der Waals surface area (Å²) in [7, 11) is -3.47. The number of rotatable bonds is 7. The number of carboxylic acid groups (broad SMARTS) is 1. The lowest BCUT2D eigenvalue weighted by Crippen LogP contribution is -2.40. The summed E-state index contributed by atoms with van der Waals surface area (Å²) in [6, 6.07) is 0. The third kappa shape index (κ3) is 7.12. The van der Waals surface area contributed by atoms with Crippen LogP contribution in [0.5, 0.6) is 0 Å². The van der Waals surface area contributed by atoms with Crippen LogP contribution >= 0.6 is 0 Å². The summed E-state index contributed by atoms with van der Waals surface area (Å²) in [6.45, 7) is -0.925. The van der Waals surface area contributed by atoms with Gasteiger partial charge in [0.05, 0.1) is 12.3 Å². The minimum absolute atomic E-state index is 0.0409. The van der Waals surface area contributed by atoms with Gasteiger partial charge >= 0.3 is 5.97 Å². The normalized spacial score (nSPS) is 17.1. The van der Waals surface area contributed by atoms with Crippen molar-refractivity contribution in [3.05, 3.63) is 0 Å². The number of sulfonamides is 1. The Bertz CT molecular complexity index is 415. The molecule has 0 radical (unpaired) electrons. The molecule has 1 amide bonds. The first-order valence-electron chi connectivity index (χ1n) is 6.35. The monoisotopic (exact) mass is 292 g/mol. The number of carboxylic acids is 1. The van der Waals surface area contributed by atoms with Gasteiger partial charge in [-0.05, 0) is 18.8 Å². The zero-order valence-electron chi connectivity index (χ0n) is 10.7. The number of nitrogens with one attached hydrogen (secondary N) is 2. The summed E-state index contributed by atoms with van der Waals surface area (Å²) in [5, 5.41) is 10.4. The van der Waals surface area contributed by atoms with Crippen LogP contribution in [0.2, 0.25) is 0 Å². The van der Waals surface area contributed by atoms with Crippen LogP contribution in [-0.2, 0) is 19.6 Å². The van der Waals surface area contributed by atoms with Crippen LogP contribution in [0.4, 0.5) is 0 Å². The average molecular weight is 292 g/mol. The number of carbonyl (C=O) groups excluding carboxylic acids is 1. The van der Waals surface area contributed by atoms with E-state index in [9.17, 15) is 18.0 Å². The largest absolute Gasteiger partial charge is 0.480 e. The molecular weight excluding hydrogens is 272 g/mol. The van der Waals surface area contributed by atoms with Crippen LogP contribution in [-0.4, -0.2) is 44.2 Å². The van der Waals surface area contributed by atoms with Gasteiger partial charge in [0.1, 0.15) is 6.54 Å². The molecule has 0 saturated heterocycles. The molecule has 1 saturated carbocycles. The lowest BCUT2D eigenvalue weighted by Gasteiger charge is -2.21. The fourth-order valence-corrected chi connectivity index (χ4v) is 3.56. The maximum atomic E-state index is 11.7. The first-order chi connectivity index (χ1) is 8.89. The number of amides is 1. The molecule has 110 valence electrons. The van der Waals surface area contributed by atoms with Gasteiger partial charge in [0.15, 0.2) is 0 Å². The van der Waals surface area contributed by atoms with Gasteiger partial charge in [-0.25, -0.2) is 13.1 Å². The maximum Gasteiger partial charge on any atom is 0.322 e. The number of aliphatic carboxylic acids is 1. The van der Waals surface area contributed by atoms with Crippen molar-refractivity contribution >= 4 is 21.9 Å². The Kier molecular flexibility index (Phi) is 6.23. The Morgan fingerprint density at radius 2 is 1.74 bits per heavy atom. The lowest BCUT2D eigenvalue weighted by atomic mass is 9.91. The molecule has 0 atom stereocenters. The number of carbonyl (C=O) groups is 2. The number of hydrogen-bond acceptors (Lipinski definition) is 4. The first kappa shape index (κ1) is 15.9. The zero-order valence-corrected chi connectivity index (χ0v) is 11.5. The van der Waals surface area contributed by atoms with E-state index in [1.54, 1.807) is 0 Å². The molecule has 1 aliphatic rings. The second kappa shape index (κ2) is 7.44. The standard InChI is InChI=1S/C11H20N2O5S/c14-10(12-7-11(15)16)6-13-19(17,18)8-9-4-2-1-3-5-9/h9,13H,1-8H2,(H,12,14)(H,15,16). The van der Waals surface area contributed by atoms with Gasteiger partial charge in [0, 0.05) is 0 Å². The molecule has 0 aromatic rings. The molecular formula is C11H20N2O5S. The molecule has 8 heteroatoms. The highest BCUT2D eigenvalue weighted by molar-refractivity contribution is 7.89. The average Bonchev–Trinajstić information content (AvgIpc) is 2.34. The molecule has 0 bridgehead atoms. The molecule has 0 unspecified atom stereocenters. The van der Waals surface area contributed by atoms with Crippen molar-refractivity contribution in [2.75, 3.05) is 18.8 Å². The molecule has 1 rings (SSSR count). The van der Waals surface area contributed by atoms with Gasteiger partial charge < -0.3 is 10.4 Å². The summed E-state index contributed by atoms with van der Waals surface area (Å²) < 4.78 is 25.7. The van der Waals surface area contributed by atoms with E-state index in [-0.39, 0.29) is 11.7 Å². The molecule has 0 spiro atoms. The molecule has 0 aliphatic heterocycles. The fourth-order valence-electron chi connectivity index (χ4n) is 2.14. The van der Waals surface area contributed by atoms with Gasteiger partial charge in [-0.2, -0.15) is 0 Å². The van der Waals surface area contributed by atoms with Gasteiger partial charge in [0.2, 0.25) is 15.9 Å². The molecule has 0 aromatic carbocycles. The molecule has 1 fully saturated rings. The van der Waals surface area contributed by atoms with E-state index >= 15 is 0 Å². The van der Waals surface area contributed by atoms with Crippen LogP contribution < -0.4 is 10.0 Å². The van der Waals surface area contributed by atoms with Crippen molar-refractivity contribution in [3.8, 4) is 0 Å². The lowest BCUT2D eigenvalue weighted by molar-refractivity contribution is -0.137. The molecule has 0 heterocycles. The molecule has 0 aromatic heterocycles. The van der Waals surface area contributed by atoms with Gasteiger partial charge in [-0.15, -0.1) is 0 Å². The molecule has 19 heavy (non-hydrogen) atoms. The number of hydrogen-bond donors (Lipinski definition) is 3. The predicted molar refractivity (Wildman–Crippen MR) is 69.0 cm³/mol. The van der Waals surface area contributed by atoms with Crippen molar-refractivity contribution in [3.63, 3.8) is 0 Å². The minimum Gasteiger partial charge on any atom is -0.480 e. The summed E-state index contributed by atoms with van der Waals surface area (Å²) in [4.78, 5) is 21.4. The molecule has 3 N–H and O–H groups in total. The highest BCUT2D eigenvalue weighted by atomic mass is 32.2. The van der Waals surface area contributed by atoms with E-state index in [2.05, 4.69) is 10.0 Å². The van der Waals surface area contributed by atoms with Gasteiger partial charge in [-0.3, -0.25) is 9.59 Å². The van der Waals surface area contributed by atoms with Crippen molar-refractivity contribution < 1.29 is 23.1 Å². The van der Waals surface area contributed by atoms with Crippen LogP contribution in [0, 0.1) is 5.92 Å². The molecule has 7 nitrogen and oxygen atoms in total. The van der Waals surface area contributed by atoms with Crippen molar-refractivity contribution in [1.82, 2.24) is 10.0 Å². The Morgan fingerprint density at radius 1 is 1.11 bits per heavy atom. The first-order valence-corrected chi connectivity index (χ1v) is 8.00. The van der Waals surface area contributed by atoms with Crippen LogP contribution in [0.3, 0.4) is 0 Å². The second-order valence-corrected chi connectivity index (χ2v) is 6.63. The highest BCUT2D eigenvalue weighted by Gasteiger charge is 2.21. The Hall–Kier alpha value is -1.15. The topological polar surface area (TPSA) is 113 Å². The summed E-state index contributed by atoms with van der Waals surface area (Å²) in [5.41, 5.74) is 0. The smallest absolute Gasteiger partial charge is 0.322 e. The van der Waals surface area contributed by atoms with Crippen LogP contribution in [0.25, 0.3) is 0 Å². The Labute approximate surface area is 112 Å². The highest BCUT2D eigenvalue weighted by Crippen LogP contribution is 2.24. The third-order valence-corrected chi connectivity index (χ3v) is 4.56. The fraction of sp³-hybridized carbons (Fsp3) is 0.818. The summed E-state index contributed by atoms with van der Waals surface area (Å²) in [6.07, 6.45) is 5.08. The van der Waals surface area contributed by atoms with Crippen molar-refractivity contribution in [1.29, 1.82) is 0 Å². The summed E-state index contributed by atoms with van der Waals surface area (Å²) >= 11 is 0.